The van der Waals surface area contributed by atoms with Crippen LogP contribution in [-0.4, -0.2) is 0 Å². The summed E-state index contributed by atoms with van der Waals surface area (Å²) in [6.07, 6.45) is 1.13. The first kappa shape index (κ1) is 14.2. The molecule has 1 aromatic carbocycles. The second-order valence-corrected chi connectivity index (χ2v) is 6.78. The third-order valence-corrected chi connectivity index (χ3v) is 7.32. The molecule has 0 amide bonds. The van der Waals surface area contributed by atoms with Crippen molar-refractivity contribution in [3.05, 3.63) is 29.0 Å². The van der Waals surface area contributed by atoms with Gasteiger partial charge in [0.25, 0.3) is 0 Å². The van der Waals surface area contributed by atoms with Gasteiger partial charge < -0.3 is 0 Å². The smallest absolute Gasteiger partial charge is 0.0465 e. The average Bonchev–Trinajstić information content (AvgIpc) is 2.23. The van der Waals surface area contributed by atoms with E-state index < -0.39 is 0 Å². The zero-order valence-corrected chi connectivity index (χ0v) is 15.1. The Morgan fingerprint density at radius 2 is 1.47 bits per heavy atom. The van der Waals surface area contributed by atoms with Gasteiger partial charge in [0.1, 0.15) is 0 Å². The number of halogens is 4. The Hall–Kier alpha value is 1.14. The molecule has 1 aromatic rings. The van der Waals surface area contributed by atoms with Crippen LogP contribution < -0.4 is 0 Å². The minimum Gasteiger partial charge on any atom is -0.0648 e. The lowest BCUT2D eigenvalue weighted by molar-refractivity contribution is 0.724. The lowest BCUT2D eigenvalue weighted by atomic mass is 9.97. The van der Waals surface area contributed by atoms with Gasteiger partial charge in [0.15, 0.2) is 0 Å². The molecule has 84 valence electrons. The molecular formula is C11H12Br4. The number of rotatable bonds is 2. The highest BCUT2D eigenvalue weighted by molar-refractivity contribution is 9.14. The van der Waals surface area contributed by atoms with E-state index in [-0.39, 0.29) is 0 Å². The molecule has 0 saturated carbocycles. The summed E-state index contributed by atoms with van der Waals surface area (Å²) in [6, 6.07) is 0. The van der Waals surface area contributed by atoms with E-state index in [9.17, 15) is 0 Å². The monoisotopic (exact) mass is 460 g/mol. The van der Waals surface area contributed by atoms with E-state index in [0.717, 1.165) is 19.8 Å². The topological polar surface area (TPSA) is 0 Å². The largest absolute Gasteiger partial charge is 0.0648 e. The summed E-state index contributed by atoms with van der Waals surface area (Å²) in [5.74, 6) is 0.539. The summed E-state index contributed by atoms with van der Waals surface area (Å²) in [5, 5.41) is 0. The lowest BCUT2D eigenvalue weighted by Gasteiger charge is -2.18. The van der Waals surface area contributed by atoms with E-state index in [1.54, 1.807) is 0 Å². The van der Waals surface area contributed by atoms with Crippen LogP contribution in [0.5, 0.6) is 0 Å². The SMILES string of the molecule is CCC(C)c1c(Br)c(C)c(Br)c(Br)c1Br. The number of hydrogen-bond donors (Lipinski definition) is 0. The molecule has 0 saturated heterocycles. The predicted octanol–water partition coefficient (Wildman–Crippen LogP) is 6.56. The van der Waals surface area contributed by atoms with Gasteiger partial charge in [-0.3, -0.25) is 0 Å². The number of hydrogen-bond acceptors (Lipinski definition) is 0. The van der Waals surface area contributed by atoms with E-state index in [2.05, 4.69) is 84.5 Å². The summed E-state index contributed by atoms with van der Waals surface area (Å²) in [4.78, 5) is 0. The fourth-order valence-electron chi connectivity index (χ4n) is 1.41. The van der Waals surface area contributed by atoms with Crippen LogP contribution in [0, 0.1) is 6.92 Å². The highest BCUT2D eigenvalue weighted by Gasteiger charge is 2.19. The molecule has 0 fully saturated rings. The summed E-state index contributed by atoms with van der Waals surface area (Å²) in [7, 11) is 0. The standard InChI is InChI=1S/C11H12Br4/c1-4-5(2)7-8(12)6(3)9(13)11(15)10(7)14/h5H,4H2,1-3H3. The second-order valence-electron chi connectivity index (χ2n) is 3.60. The molecule has 0 N–H and O–H groups in total. The molecule has 0 bridgehead atoms. The Morgan fingerprint density at radius 1 is 0.933 bits per heavy atom. The summed E-state index contributed by atoms with van der Waals surface area (Å²) < 4.78 is 4.53. The molecule has 4 heteroatoms. The zero-order chi connectivity index (χ0) is 11.7. The highest BCUT2D eigenvalue weighted by Crippen LogP contribution is 2.44. The normalized spacial score (nSPS) is 13.0. The van der Waals surface area contributed by atoms with Crippen LogP contribution in [-0.2, 0) is 0 Å². The van der Waals surface area contributed by atoms with Crippen LogP contribution in [0.4, 0.5) is 0 Å². The van der Waals surface area contributed by atoms with Crippen molar-refractivity contribution in [3.63, 3.8) is 0 Å². The maximum Gasteiger partial charge on any atom is 0.0465 e. The van der Waals surface area contributed by atoms with Crippen molar-refractivity contribution in [2.45, 2.75) is 33.1 Å². The van der Waals surface area contributed by atoms with Crippen LogP contribution in [0.3, 0.4) is 0 Å². The Kier molecular flexibility index (Phi) is 5.35. The molecule has 0 heterocycles. The van der Waals surface area contributed by atoms with Crippen LogP contribution in [0.2, 0.25) is 0 Å². The third kappa shape index (κ3) is 2.70. The summed E-state index contributed by atoms with van der Waals surface area (Å²) in [6.45, 7) is 6.55. The predicted molar refractivity (Wildman–Crippen MR) is 80.7 cm³/mol. The van der Waals surface area contributed by atoms with Crippen molar-refractivity contribution >= 4 is 63.7 Å². The molecule has 0 aromatic heterocycles. The fourth-order valence-corrected chi connectivity index (χ4v) is 4.69. The molecule has 1 unspecified atom stereocenters. The molecule has 0 radical (unpaired) electrons. The van der Waals surface area contributed by atoms with Gasteiger partial charge in [-0.05, 0) is 78.2 Å². The second kappa shape index (κ2) is 5.65. The van der Waals surface area contributed by atoms with E-state index in [0.29, 0.717) is 5.92 Å². The number of benzene rings is 1. The van der Waals surface area contributed by atoms with Gasteiger partial charge in [-0.25, -0.2) is 0 Å². The zero-order valence-electron chi connectivity index (χ0n) is 8.80. The first-order chi connectivity index (χ1) is 6.91. The van der Waals surface area contributed by atoms with Crippen LogP contribution >= 0.6 is 63.7 Å². The minimum absolute atomic E-state index is 0.539. The van der Waals surface area contributed by atoms with Gasteiger partial charge in [-0.15, -0.1) is 0 Å². The van der Waals surface area contributed by atoms with Crippen molar-refractivity contribution in [2.24, 2.45) is 0 Å². The van der Waals surface area contributed by atoms with Crippen LogP contribution in [0.25, 0.3) is 0 Å². The lowest BCUT2D eigenvalue weighted by Crippen LogP contribution is -1.98. The van der Waals surface area contributed by atoms with Gasteiger partial charge in [-0.1, -0.05) is 29.8 Å². The van der Waals surface area contributed by atoms with Crippen molar-refractivity contribution in [3.8, 4) is 0 Å². The highest BCUT2D eigenvalue weighted by atomic mass is 79.9. The molecule has 0 spiro atoms. The first-order valence-electron chi connectivity index (χ1n) is 4.74. The van der Waals surface area contributed by atoms with Gasteiger partial charge in [0, 0.05) is 17.9 Å². The maximum absolute atomic E-state index is 3.68. The van der Waals surface area contributed by atoms with E-state index >= 15 is 0 Å². The van der Waals surface area contributed by atoms with Gasteiger partial charge in [-0.2, -0.15) is 0 Å². The summed E-state index contributed by atoms with van der Waals surface area (Å²) >= 11 is 14.5. The quantitative estimate of drug-likeness (QED) is 0.344. The molecular weight excluding hydrogens is 452 g/mol. The third-order valence-electron chi connectivity index (χ3n) is 2.62. The molecule has 0 aliphatic heterocycles. The fraction of sp³-hybridized carbons (Fsp3) is 0.455. The van der Waals surface area contributed by atoms with Gasteiger partial charge in [0.2, 0.25) is 0 Å². The maximum atomic E-state index is 3.68. The van der Waals surface area contributed by atoms with Crippen molar-refractivity contribution in [2.75, 3.05) is 0 Å². The molecule has 1 rings (SSSR count). The Labute approximate surface area is 125 Å². The van der Waals surface area contributed by atoms with Gasteiger partial charge in [0.05, 0.1) is 0 Å². The van der Waals surface area contributed by atoms with Crippen LogP contribution in [0.15, 0.2) is 17.9 Å². The van der Waals surface area contributed by atoms with Crippen molar-refractivity contribution in [1.82, 2.24) is 0 Å². The average molecular weight is 464 g/mol. The molecule has 1 atom stereocenters. The molecule has 0 aliphatic rings. The van der Waals surface area contributed by atoms with E-state index in [1.165, 1.54) is 15.6 Å². The molecule has 15 heavy (non-hydrogen) atoms. The molecule has 0 nitrogen and oxygen atoms in total. The first-order valence-corrected chi connectivity index (χ1v) is 7.91. The van der Waals surface area contributed by atoms with Crippen molar-refractivity contribution in [1.29, 1.82) is 0 Å². The Balaban J connectivity index is 3.52. The minimum atomic E-state index is 0.539. The Morgan fingerprint density at radius 3 is 1.93 bits per heavy atom. The van der Waals surface area contributed by atoms with Crippen LogP contribution in [0.1, 0.15) is 37.3 Å². The van der Waals surface area contributed by atoms with E-state index in [4.69, 9.17) is 0 Å². The van der Waals surface area contributed by atoms with Crippen molar-refractivity contribution < 1.29 is 0 Å². The van der Waals surface area contributed by atoms with E-state index in [1.807, 2.05) is 0 Å². The summed E-state index contributed by atoms with van der Waals surface area (Å²) in [5.41, 5.74) is 2.57. The Bertz CT molecular complexity index is 356. The molecule has 0 aliphatic carbocycles. The van der Waals surface area contributed by atoms with Gasteiger partial charge >= 0.3 is 0 Å².